The van der Waals surface area contributed by atoms with Gasteiger partial charge in [-0.1, -0.05) is 6.07 Å². The van der Waals surface area contributed by atoms with Gasteiger partial charge in [0.05, 0.1) is 5.52 Å². The first-order chi connectivity index (χ1) is 7.63. The molecule has 1 unspecified atom stereocenters. The molecule has 1 aromatic carbocycles. The summed E-state index contributed by atoms with van der Waals surface area (Å²) in [6, 6.07) is 5.26. The number of hydrogen-bond acceptors (Lipinski definition) is 1. The molecule has 1 heterocycles. The maximum absolute atomic E-state index is 13.8. The zero-order valence-corrected chi connectivity index (χ0v) is 9.70. The number of nitrogens with zero attached hydrogens (tertiary/aromatic N) is 1. The Morgan fingerprint density at radius 3 is 2.81 bits per heavy atom. The van der Waals surface area contributed by atoms with E-state index in [4.69, 9.17) is 5.73 Å². The van der Waals surface area contributed by atoms with Crippen LogP contribution in [0.5, 0.6) is 0 Å². The van der Waals surface area contributed by atoms with Crippen LogP contribution in [-0.2, 0) is 13.0 Å². The summed E-state index contributed by atoms with van der Waals surface area (Å²) in [4.78, 5) is 0. The van der Waals surface area contributed by atoms with E-state index in [0.717, 1.165) is 23.0 Å². The molecule has 0 aliphatic rings. The van der Waals surface area contributed by atoms with Gasteiger partial charge < -0.3 is 10.3 Å². The number of aryl methyl sites for hydroxylation is 1. The molecule has 3 heteroatoms. The van der Waals surface area contributed by atoms with E-state index >= 15 is 0 Å². The van der Waals surface area contributed by atoms with Crippen LogP contribution in [0.3, 0.4) is 0 Å². The highest BCUT2D eigenvalue weighted by Crippen LogP contribution is 2.25. The molecule has 1 atom stereocenters. The molecule has 2 nitrogen and oxygen atoms in total. The molecular weight excluding hydrogens is 203 g/mol. The number of rotatable bonds is 3. The van der Waals surface area contributed by atoms with E-state index in [2.05, 4.69) is 11.5 Å². The Labute approximate surface area is 94.9 Å². The van der Waals surface area contributed by atoms with Crippen LogP contribution < -0.4 is 5.73 Å². The molecular formula is C13H17FN2. The largest absolute Gasteiger partial charge is 0.347 e. The van der Waals surface area contributed by atoms with Crippen molar-refractivity contribution in [3.63, 3.8) is 0 Å². The minimum atomic E-state index is -0.152. The first-order valence-electron chi connectivity index (χ1n) is 5.65. The van der Waals surface area contributed by atoms with E-state index in [1.54, 1.807) is 6.07 Å². The zero-order chi connectivity index (χ0) is 11.7. The van der Waals surface area contributed by atoms with Crippen molar-refractivity contribution < 1.29 is 4.39 Å². The number of aromatic nitrogens is 1. The van der Waals surface area contributed by atoms with Gasteiger partial charge in [-0.2, -0.15) is 0 Å². The zero-order valence-electron chi connectivity index (χ0n) is 9.70. The maximum atomic E-state index is 13.8. The molecule has 0 amide bonds. The molecule has 86 valence electrons. The summed E-state index contributed by atoms with van der Waals surface area (Å²) in [7, 11) is 0. The number of benzene rings is 1. The number of hydrogen-bond donors (Lipinski definition) is 1. The van der Waals surface area contributed by atoms with E-state index in [0.29, 0.717) is 6.42 Å². The predicted octanol–water partition coefficient (Wildman–Crippen LogP) is 2.69. The second-order valence-corrected chi connectivity index (χ2v) is 4.26. The van der Waals surface area contributed by atoms with Crippen LogP contribution in [0.2, 0.25) is 0 Å². The van der Waals surface area contributed by atoms with Gasteiger partial charge in [0.1, 0.15) is 5.82 Å². The molecule has 0 radical (unpaired) electrons. The van der Waals surface area contributed by atoms with Crippen LogP contribution in [-0.4, -0.2) is 10.6 Å². The van der Waals surface area contributed by atoms with Gasteiger partial charge in [0.15, 0.2) is 0 Å². The van der Waals surface area contributed by atoms with E-state index < -0.39 is 0 Å². The molecule has 2 N–H and O–H groups in total. The van der Waals surface area contributed by atoms with Gasteiger partial charge >= 0.3 is 0 Å². The van der Waals surface area contributed by atoms with Crippen molar-refractivity contribution in [1.29, 1.82) is 0 Å². The van der Waals surface area contributed by atoms with Crippen LogP contribution >= 0.6 is 0 Å². The van der Waals surface area contributed by atoms with Crippen LogP contribution in [0.15, 0.2) is 24.4 Å². The lowest BCUT2D eigenvalue weighted by Crippen LogP contribution is -2.17. The number of halogens is 1. The highest BCUT2D eigenvalue weighted by atomic mass is 19.1. The third-order valence-corrected chi connectivity index (χ3v) is 2.82. The van der Waals surface area contributed by atoms with Gasteiger partial charge in [0, 0.05) is 24.2 Å². The average molecular weight is 220 g/mol. The molecule has 0 saturated heterocycles. The Balaban J connectivity index is 2.64. The van der Waals surface area contributed by atoms with Gasteiger partial charge in [-0.25, -0.2) is 4.39 Å². The standard InChI is InChI=1S/C13H17FN2/c1-3-16-8-10(7-9(2)15)13-11(14)5-4-6-12(13)16/h4-6,8-9H,3,7,15H2,1-2H3. The molecule has 0 aliphatic carbocycles. The molecule has 0 saturated carbocycles. The summed E-state index contributed by atoms with van der Waals surface area (Å²) >= 11 is 0. The quantitative estimate of drug-likeness (QED) is 0.847. The summed E-state index contributed by atoms with van der Waals surface area (Å²) < 4.78 is 15.9. The van der Waals surface area contributed by atoms with Crippen molar-refractivity contribution in [3.05, 3.63) is 35.8 Å². The van der Waals surface area contributed by atoms with Crippen LogP contribution in [0, 0.1) is 5.82 Å². The number of nitrogens with two attached hydrogens (primary N) is 1. The van der Waals surface area contributed by atoms with Crippen molar-refractivity contribution in [2.75, 3.05) is 0 Å². The van der Waals surface area contributed by atoms with Crippen LogP contribution in [0.1, 0.15) is 19.4 Å². The third kappa shape index (κ3) is 1.83. The maximum Gasteiger partial charge on any atom is 0.132 e. The summed E-state index contributed by atoms with van der Waals surface area (Å²) in [5.41, 5.74) is 7.75. The van der Waals surface area contributed by atoms with E-state index in [1.165, 1.54) is 6.07 Å². The molecule has 2 aromatic rings. The Hall–Kier alpha value is -1.35. The van der Waals surface area contributed by atoms with E-state index in [9.17, 15) is 4.39 Å². The predicted molar refractivity (Wildman–Crippen MR) is 64.9 cm³/mol. The fourth-order valence-corrected chi connectivity index (χ4v) is 2.16. The Morgan fingerprint density at radius 1 is 1.44 bits per heavy atom. The van der Waals surface area contributed by atoms with E-state index in [-0.39, 0.29) is 11.9 Å². The minimum absolute atomic E-state index is 0.0514. The summed E-state index contributed by atoms with van der Waals surface area (Å²) in [5.74, 6) is -0.152. The molecule has 2 rings (SSSR count). The minimum Gasteiger partial charge on any atom is -0.347 e. The van der Waals surface area contributed by atoms with Crippen LogP contribution in [0.25, 0.3) is 10.9 Å². The van der Waals surface area contributed by atoms with Crippen molar-refractivity contribution in [3.8, 4) is 0 Å². The SMILES string of the molecule is CCn1cc(CC(C)N)c2c(F)cccc21. The molecule has 0 fully saturated rings. The van der Waals surface area contributed by atoms with Crippen molar-refractivity contribution in [2.45, 2.75) is 32.9 Å². The lowest BCUT2D eigenvalue weighted by Gasteiger charge is -2.03. The third-order valence-electron chi connectivity index (χ3n) is 2.82. The van der Waals surface area contributed by atoms with Gasteiger partial charge in [0.25, 0.3) is 0 Å². The lowest BCUT2D eigenvalue weighted by molar-refractivity contribution is 0.637. The monoisotopic (exact) mass is 220 g/mol. The first kappa shape index (κ1) is 11.1. The highest BCUT2D eigenvalue weighted by molar-refractivity contribution is 5.84. The van der Waals surface area contributed by atoms with Crippen LogP contribution in [0.4, 0.5) is 4.39 Å². The smallest absolute Gasteiger partial charge is 0.132 e. The topological polar surface area (TPSA) is 30.9 Å². The van der Waals surface area contributed by atoms with Crippen molar-refractivity contribution >= 4 is 10.9 Å². The second kappa shape index (κ2) is 4.26. The van der Waals surface area contributed by atoms with Gasteiger partial charge in [-0.05, 0) is 38.0 Å². The second-order valence-electron chi connectivity index (χ2n) is 4.26. The summed E-state index contributed by atoms with van der Waals surface area (Å²) in [5, 5.41) is 0.724. The Bertz CT molecular complexity index is 500. The van der Waals surface area contributed by atoms with Crippen molar-refractivity contribution in [1.82, 2.24) is 4.57 Å². The molecule has 16 heavy (non-hydrogen) atoms. The summed E-state index contributed by atoms with van der Waals surface area (Å²) in [6.45, 7) is 4.84. The first-order valence-corrected chi connectivity index (χ1v) is 5.65. The Morgan fingerprint density at radius 2 is 2.19 bits per heavy atom. The molecule has 1 aromatic heterocycles. The van der Waals surface area contributed by atoms with Gasteiger partial charge in [-0.3, -0.25) is 0 Å². The fourth-order valence-electron chi connectivity index (χ4n) is 2.16. The molecule has 0 bridgehead atoms. The summed E-state index contributed by atoms with van der Waals surface area (Å²) in [6.07, 6.45) is 2.72. The normalized spacial score (nSPS) is 13.2. The van der Waals surface area contributed by atoms with E-state index in [1.807, 2.05) is 19.2 Å². The molecule has 0 aliphatic heterocycles. The fraction of sp³-hybridized carbons (Fsp3) is 0.385. The highest BCUT2D eigenvalue weighted by Gasteiger charge is 2.12. The van der Waals surface area contributed by atoms with Gasteiger partial charge in [0.2, 0.25) is 0 Å². The Kier molecular flexibility index (Phi) is 2.97. The average Bonchev–Trinajstić information content (AvgIpc) is 2.57. The number of fused-ring (bicyclic) bond motifs is 1. The lowest BCUT2D eigenvalue weighted by atomic mass is 10.1. The van der Waals surface area contributed by atoms with Crippen molar-refractivity contribution in [2.24, 2.45) is 5.73 Å². The van der Waals surface area contributed by atoms with Gasteiger partial charge in [-0.15, -0.1) is 0 Å². The molecule has 0 spiro atoms.